The zero-order valence-electron chi connectivity index (χ0n) is 18.5. The molecule has 8 heteroatoms. The van der Waals surface area contributed by atoms with Crippen LogP contribution in [0.1, 0.15) is 29.3 Å². The van der Waals surface area contributed by atoms with Crippen molar-refractivity contribution in [1.29, 1.82) is 0 Å². The number of nitrogens with zero attached hydrogens (tertiary/aromatic N) is 1. The van der Waals surface area contributed by atoms with Gasteiger partial charge in [-0.1, -0.05) is 61.2 Å². The summed E-state index contributed by atoms with van der Waals surface area (Å²) in [5.41, 5.74) is 1.51. The number of carbonyl (C=O) groups is 3. The third-order valence-corrected chi connectivity index (χ3v) is 6.47. The molecular formula is C25H27NO6S. The Bertz CT molecular complexity index is 992. The van der Waals surface area contributed by atoms with Gasteiger partial charge in [0.25, 0.3) is 0 Å². The summed E-state index contributed by atoms with van der Waals surface area (Å²) in [6.07, 6.45) is 3.15. The van der Waals surface area contributed by atoms with E-state index in [9.17, 15) is 19.5 Å². The summed E-state index contributed by atoms with van der Waals surface area (Å²) < 4.78 is 10.9. The molecule has 2 aromatic carbocycles. The van der Waals surface area contributed by atoms with E-state index >= 15 is 0 Å². The van der Waals surface area contributed by atoms with Crippen molar-refractivity contribution in [2.75, 3.05) is 19.4 Å². The van der Waals surface area contributed by atoms with Crippen LogP contribution in [0.4, 0.5) is 0 Å². The van der Waals surface area contributed by atoms with Crippen molar-refractivity contribution in [3.05, 3.63) is 72.0 Å². The molecular weight excluding hydrogens is 442 g/mol. The first-order chi connectivity index (χ1) is 15.9. The maximum atomic E-state index is 13.0. The van der Waals surface area contributed by atoms with Crippen LogP contribution in [0.3, 0.4) is 0 Å². The number of carboxylic acids is 1. The Kier molecular flexibility index (Phi) is 8.54. The van der Waals surface area contributed by atoms with Gasteiger partial charge in [-0.15, -0.1) is 0 Å². The molecule has 1 saturated heterocycles. The molecule has 33 heavy (non-hydrogen) atoms. The smallest absolute Gasteiger partial charge is 0.326 e. The second kappa shape index (κ2) is 11.6. The van der Waals surface area contributed by atoms with Crippen LogP contribution in [0.25, 0.3) is 6.08 Å². The first kappa shape index (κ1) is 24.4. The number of rotatable bonds is 9. The van der Waals surface area contributed by atoms with E-state index in [-0.39, 0.29) is 29.7 Å². The molecule has 1 fully saturated rings. The first-order valence-corrected chi connectivity index (χ1v) is 11.6. The minimum atomic E-state index is -1.06. The second-order valence-corrected chi connectivity index (χ2v) is 8.79. The van der Waals surface area contributed by atoms with Gasteiger partial charge >= 0.3 is 5.97 Å². The lowest BCUT2D eigenvalue weighted by Gasteiger charge is -2.24. The molecule has 0 aromatic heterocycles. The third-order valence-electron chi connectivity index (χ3n) is 5.31. The first-order valence-electron chi connectivity index (χ1n) is 10.6. The zero-order chi connectivity index (χ0) is 23.8. The Morgan fingerprint density at radius 2 is 1.85 bits per heavy atom. The lowest BCUT2D eigenvalue weighted by Crippen LogP contribution is -2.43. The van der Waals surface area contributed by atoms with Gasteiger partial charge in [-0.2, -0.15) is 0 Å². The van der Waals surface area contributed by atoms with Crippen molar-refractivity contribution in [3.63, 3.8) is 0 Å². The summed E-state index contributed by atoms with van der Waals surface area (Å²) in [4.78, 5) is 38.5. The minimum absolute atomic E-state index is 0.114. The van der Waals surface area contributed by atoms with Crippen molar-refractivity contribution < 1.29 is 29.0 Å². The van der Waals surface area contributed by atoms with Crippen LogP contribution < -0.4 is 4.74 Å². The van der Waals surface area contributed by atoms with Crippen LogP contribution >= 0.6 is 11.8 Å². The van der Waals surface area contributed by atoms with Crippen molar-refractivity contribution in [1.82, 2.24) is 4.90 Å². The van der Waals surface area contributed by atoms with Crippen LogP contribution in [0.15, 0.2) is 60.9 Å². The maximum Gasteiger partial charge on any atom is 0.326 e. The van der Waals surface area contributed by atoms with Crippen molar-refractivity contribution in [2.24, 2.45) is 5.92 Å². The largest absolute Gasteiger partial charge is 0.504 e. The number of carbonyl (C=O) groups excluding carboxylic acids is 2. The number of methoxy groups -OCH3 is 1. The number of ether oxygens (including phenoxy) is 2. The molecule has 1 N–H and O–H groups in total. The molecule has 0 radical (unpaired) electrons. The van der Waals surface area contributed by atoms with Crippen molar-refractivity contribution in [2.45, 2.75) is 25.5 Å². The Labute approximate surface area is 197 Å². The molecule has 0 aliphatic carbocycles. The fourth-order valence-electron chi connectivity index (χ4n) is 3.57. The van der Waals surface area contributed by atoms with E-state index in [4.69, 9.17) is 9.47 Å². The summed E-state index contributed by atoms with van der Waals surface area (Å²) in [5.74, 6) is -0.978. The number of hydrogen-bond donors (Lipinski definition) is 1. The number of likely N-dealkylation sites (tertiary alicyclic amines) is 1. The highest BCUT2D eigenvalue weighted by molar-refractivity contribution is 8.14. The molecule has 1 aliphatic rings. The van der Waals surface area contributed by atoms with Crippen LogP contribution in [0, 0.1) is 5.92 Å². The standard InChI is InChI=1S/C25H27NO6S/c1-17(16-33-25(30)19-6-4-3-5-7-19)23(27)26-15-21(14-22(26)24(28)29)32-20-10-8-18(9-11-20)12-13-31-2/h3-13,17,21-22H,14-16H2,1-2H3,(H,28,29)/t17-,21?,22+/m1/s1. The number of benzene rings is 2. The quantitative estimate of drug-likeness (QED) is 0.556. The van der Waals surface area contributed by atoms with Crippen molar-refractivity contribution in [3.8, 4) is 5.75 Å². The maximum absolute atomic E-state index is 13.0. The fourth-order valence-corrected chi connectivity index (χ4v) is 4.42. The highest BCUT2D eigenvalue weighted by atomic mass is 32.2. The number of amides is 1. The highest BCUT2D eigenvalue weighted by Gasteiger charge is 2.42. The van der Waals surface area contributed by atoms with E-state index in [1.807, 2.05) is 24.3 Å². The predicted octanol–water partition coefficient (Wildman–Crippen LogP) is 3.95. The van der Waals surface area contributed by atoms with Crippen LogP contribution in [0.5, 0.6) is 5.75 Å². The molecule has 3 rings (SSSR count). The summed E-state index contributed by atoms with van der Waals surface area (Å²) >= 11 is 1.07. The normalized spacial score (nSPS) is 18.8. The number of thioether (sulfide) groups is 1. The fraction of sp³-hybridized carbons (Fsp3) is 0.320. The average molecular weight is 470 g/mol. The lowest BCUT2D eigenvalue weighted by molar-refractivity contribution is -0.149. The minimum Gasteiger partial charge on any atom is -0.504 e. The van der Waals surface area contributed by atoms with Gasteiger partial charge in [0.1, 0.15) is 17.9 Å². The lowest BCUT2D eigenvalue weighted by atomic mass is 10.1. The van der Waals surface area contributed by atoms with E-state index in [1.165, 1.54) is 4.90 Å². The molecule has 1 aliphatic heterocycles. The zero-order valence-corrected chi connectivity index (χ0v) is 19.4. The molecule has 2 aromatic rings. The molecule has 174 valence electrons. The number of hydrogen-bond acceptors (Lipinski definition) is 6. The Balaban J connectivity index is 1.59. The summed E-state index contributed by atoms with van der Waals surface area (Å²) in [6.45, 7) is 1.90. The average Bonchev–Trinajstić information content (AvgIpc) is 3.26. The van der Waals surface area contributed by atoms with E-state index in [2.05, 4.69) is 0 Å². The molecule has 0 bridgehead atoms. The summed E-state index contributed by atoms with van der Waals surface area (Å²) in [5, 5.41) is 9.54. The van der Waals surface area contributed by atoms with Gasteiger partial charge in [0.05, 0.1) is 19.9 Å². The molecule has 0 spiro atoms. The van der Waals surface area contributed by atoms with E-state index in [1.54, 1.807) is 56.7 Å². The summed E-state index contributed by atoms with van der Waals surface area (Å²) in [6, 6.07) is 15.2. The molecule has 7 nitrogen and oxygen atoms in total. The van der Waals surface area contributed by atoms with Gasteiger partial charge in [0.2, 0.25) is 11.0 Å². The molecule has 1 unspecified atom stereocenters. The van der Waals surface area contributed by atoms with E-state index < -0.39 is 24.0 Å². The Morgan fingerprint density at radius 3 is 2.48 bits per heavy atom. The summed E-state index contributed by atoms with van der Waals surface area (Å²) in [7, 11) is 1.57. The van der Waals surface area contributed by atoms with Gasteiger partial charge in [0.15, 0.2) is 0 Å². The third kappa shape index (κ3) is 6.61. The van der Waals surface area contributed by atoms with Gasteiger partial charge in [-0.25, -0.2) is 4.79 Å². The second-order valence-electron chi connectivity index (χ2n) is 7.79. The Morgan fingerprint density at radius 1 is 1.15 bits per heavy atom. The molecule has 1 amide bonds. The van der Waals surface area contributed by atoms with Crippen molar-refractivity contribution >= 4 is 34.8 Å². The van der Waals surface area contributed by atoms with Crippen LogP contribution in [-0.4, -0.2) is 58.6 Å². The molecule has 1 heterocycles. The number of aliphatic carboxylic acids is 1. The molecule has 3 atom stereocenters. The van der Waals surface area contributed by atoms with Crippen LogP contribution in [0.2, 0.25) is 0 Å². The SMILES string of the molecule is COC=Cc1ccc(OC2C[C@@H](C(=O)O)N(C(=O)[C@H](C)CSC(=O)c3ccccc3)C2)cc1. The highest BCUT2D eigenvalue weighted by Crippen LogP contribution is 2.27. The van der Waals surface area contributed by atoms with E-state index in [0.29, 0.717) is 11.3 Å². The van der Waals surface area contributed by atoms with Crippen LogP contribution in [-0.2, 0) is 14.3 Å². The molecule has 0 saturated carbocycles. The number of carboxylic acid groups (broad SMARTS) is 1. The predicted molar refractivity (Wildman–Crippen MR) is 127 cm³/mol. The van der Waals surface area contributed by atoms with Gasteiger partial charge in [-0.05, 0) is 23.8 Å². The van der Waals surface area contributed by atoms with Gasteiger partial charge < -0.3 is 19.5 Å². The van der Waals surface area contributed by atoms with E-state index in [0.717, 1.165) is 17.3 Å². The van der Waals surface area contributed by atoms with Gasteiger partial charge in [0, 0.05) is 23.7 Å². The monoisotopic (exact) mass is 469 g/mol. The Hall–Kier alpha value is -3.26. The van der Waals surface area contributed by atoms with Gasteiger partial charge in [-0.3, -0.25) is 9.59 Å². The topological polar surface area (TPSA) is 93.1 Å².